The van der Waals surface area contributed by atoms with Gasteiger partial charge in [0.2, 0.25) is 5.91 Å². The first-order valence-corrected chi connectivity index (χ1v) is 11.9. The number of fused-ring (bicyclic) bond motifs is 1. The molecular formula is C22H28ClF3N4O5. The maximum Gasteiger partial charge on any atom is 0.522 e. The van der Waals surface area contributed by atoms with Crippen LogP contribution in [0.15, 0.2) is 18.2 Å². The third-order valence-electron chi connectivity index (χ3n) is 6.21. The number of hydrogen-bond donors (Lipinski definition) is 3. The molecule has 194 valence electrons. The molecule has 0 aromatic heterocycles. The fourth-order valence-electron chi connectivity index (χ4n) is 4.26. The summed E-state index contributed by atoms with van der Waals surface area (Å²) in [4.78, 5) is 24.6. The molecule has 13 heteroatoms. The summed E-state index contributed by atoms with van der Waals surface area (Å²) in [5, 5.41) is 8.54. The highest BCUT2D eigenvalue weighted by molar-refractivity contribution is 6.30. The van der Waals surface area contributed by atoms with E-state index in [1.54, 1.807) is 23.2 Å². The highest BCUT2D eigenvalue weighted by atomic mass is 35.5. The summed E-state index contributed by atoms with van der Waals surface area (Å²) in [5.41, 5.74) is 3.54. The van der Waals surface area contributed by atoms with Crippen molar-refractivity contribution in [1.29, 1.82) is 0 Å². The van der Waals surface area contributed by atoms with E-state index in [1.165, 1.54) is 0 Å². The predicted molar refractivity (Wildman–Crippen MR) is 120 cm³/mol. The number of benzene rings is 1. The Morgan fingerprint density at radius 3 is 2.66 bits per heavy atom. The number of nitrogens with one attached hydrogen (secondary N) is 3. The molecule has 4 rings (SSSR count). The fourth-order valence-corrected chi connectivity index (χ4v) is 4.43. The fraction of sp³-hybridized carbons (Fsp3) is 0.636. The zero-order valence-corrected chi connectivity index (χ0v) is 19.7. The quantitative estimate of drug-likeness (QED) is 0.484. The van der Waals surface area contributed by atoms with Gasteiger partial charge in [0, 0.05) is 36.9 Å². The molecule has 0 bridgehead atoms. The van der Waals surface area contributed by atoms with E-state index in [9.17, 15) is 22.8 Å². The molecule has 2 heterocycles. The Kier molecular flexibility index (Phi) is 8.25. The smallest absolute Gasteiger partial charge is 0.485 e. The Bertz CT molecular complexity index is 908. The molecule has 1 saturated carbocycles. The van der Waals surface area contributed by atoms with Crippen LogP contribution in [0.2, 0.25) is 5.02 Å². The van der Waals surface area contributed by atoms with Crippen LogP contribution >= 0.6 is 11.6 Å². The highest BCUT2D eigenvalue weighted by Crippen LogP contribution is 2.32. The number of rotatable bonds is 8. The number of nitrogens with zero attached hydrogens (tertiary/aromatic N) is 1. The number of alkyl halides is 3. The van der Waals surface area contributed by atoms with Crippen molar-refractivity contribution in [3.63, 3.8) is 0 Å². The Morgan fingerprint density at radius 1 is 1.20 bits per heavy atom. The summed E-state index contributed by atoms with van der Waals surface area (Å²) >= 11 is 5.98. The van der Waals surface area contributed by atoms with Crippen LogP contribution in [-0.4, -0.2) is 74.3 Å². The van der Waals surface area contributed by atoms with Gasteiger partial charge in [-0.25, -0.2) is 5.01 Å². The summed E-state index contributed by atoms with van der Waals surface area (Å²) in [5.74, 6) is 0.101. The number of hydrazine groups is 1. The Morgan fingerprint density at radius 2 is 1.94 bits per heavy atom. The first-order valence-electron chi connectivity index (χ1n) is 11.5. The van der Waals surface area contributed by atoms with Crippen molar-refractivity contribution in [3.05, 3.63) is 23.2 Å². The summed E-state index contributed by atoms with van der Waals surface area (Å²) in [6, 6.07) is 5.33. The number of amides is 2. The molecule has 35 heavy (non-hydrogen) atoms. The number of ether oxygens (including phenoxy) is 3. The van der Waals surface area contributed by atoms with Gasteiger partial charge in [0.25, 0.3) is 5.91 Å². The molecule has 0 radical (unpaired) electrons. The first-order chi connectivity index (χ1) is 16.6. The maximum absolute atomic E-state index is 12.6. The largest absolute Gasteiger partial charge is 0.522 e. The minimum absolute atomic E-state index is 0.0505. The van der Waals surface area contributed by atoms with Crippen molar-refractivity contribution in [2.45, 2.75) is 50.4 Å². The zero-order valence-electron chi connectivity index (χ0n) is 18.9. The summed E-state index contributed by atoms with van der Waals surface area (Å²) in [6.45, 7) is 1.69. The van der Waals surface area contributed by atoms with E-state index in [0.717, 1.165) is 5.69 Å². The molecular weight excluding hydrogens is 493 g/mol. The number of carbonyl (C=O) groups excluding carboxylic acids is 2. The predicted octanol–water partition coefficient (Wildman–Crippen LogP) is 2.46. The topological polar surface area (TPSA) is 101 Å². The lowest BCUT2D eigenvalue weighted by atomic mass is 9.92. The van der Waals surface area contributed by atoms with Crippen LogP contribution in [0.5, 0.6) is 5.75 Å². The molecule has 1 unspecified atom stereocenters. The van der Waals surface area contributed by atoms with E-state index in [4.69, 9.17) is 21.1 Å². The number of halogens is 4. The van der Waals surface area contributed by atoms with Gasteiger partial charge >= 0.3 is 6.36 Å². The molecule has 1 aromatic carbocycles. The van der Waals surface area contributed by atoms with E-state index in [0.29, 0.717) is 49.8 Å². The van der Waals surface area contributed by atoms with Crippen LogP contribution in [0.1, 0.15) is 25.7 Å². The average Bonchev–Trinajstić information content (AvgIpc) is 2.78. The SMILES string of the molecule is O=C(COC1CC(OC(F)(F)F)C1)NN1CCC(C(=O)NCC2CNc3cc(Cl)ccc3O2)CC1. The van der Waals surface area contributed by atoms with Crippen LogP contribution in [0, 0.1) is 5.92 Å². The lowest BCUT2D eigenvalue weighted by molar-refractivity contribution is -0.357. The summed E-state index contributed by atoms with van der Waals surface area (Å²) < 4.78 is 51.5. The molecule has 0 spiro atoms. The Labute approximate surface area is 205 Å². The van der Waals surface area contributed by atoms with Crippen LogP contribution in [0.3, 0.4) is 0 Å². The molecule has 2 aliphatic heterocycles. The minimum atomic E-state index is -4.65. The molecule has 1 atom stereocenters. The lowest BCUT2D eigenvalue weighted by Crippen LogP contribution is -2.51. The van der Waals surface area contributed by atoms with E-state index < -0.39 is 18.6 Å². The normalized spacial score (nSPS) is 25.0. The Balaban J connectivity index is 1.08. The second kappa shape index (κ2) is 11.2. The number of carbonyl (C=O) groups is 2. The van der Waals surface area contributed by atoms with Crippen molar-refractivity contribution in [2.24, 2.45) is 5.92 Å². The van der Waals surface area contributed by atoms with Crippen molar-refractivity contribution in [1.82, 2.24) is 15.8 Å². The van der Waals surface area contributed by atoms with Crippen molar-refractivity contribution >= 4 is 29.1 Å². The zero-order chi connectivity index (χ0) is 25.0. The van der Waals surface area contributed by atoms with Crippen LogP contribution in [-0.2, 0) is 19.1 Å². The van der Waals surface area contributed by atoms with Gasteiger partial charge in [-0.1, -0.05) is 11.6 Å². The van der Waals surface area contributed by atoms with Crippen molar-refractivity contribution < 1.29 is 37.0 Å². The van der Waals surface area contributed by atoms with Gasteiger partial charge in [-0.05, 0) is 31.0 Å². The summed E-state index contributed by atoms with van der Waals surface area (Å²) in [7, 11) is 0. The molecule has 1 aromatic rings. The van der Waals surface area contributed by atoms with Crippen LogP contribution in [0.25, 0.3) is 0 Å². The number of hydrogen-bond acceptors (Lipinski definition) is 7. The van der Waals surface area contributed by atoms with E-state index >= 15 is 0 Å². The molecule has 2 fully saturated rings. The number of piperidine rings is 1. The molecule has 1 aliphatic carbocycles. The average molecular weight is 521 g/mol. The molecule has 3 aliphatic rings. The second-order valence-corrected chi connectivity index (χ2v) is 9.33. The first kappa shape index (κ1) is 25.8. The molecule has 1 saturated heterocycles. The third-order valence-corrected chi connectivity index (χ3v) is 6.45. The monoisotopic (exact) mass is 520 g/mol. The van der Waals surface area contributed by atoms with E-state index in [2.05, 4.69) is 20.8 Å². The van der Waals surface area contributed by atoms with E-state index in [1.807, 2.05) is 0 Å². The minimum Gasteiger partial charge on any atom is -0.485 e. The van der Waals surface area contributed by atoms with Gasteiger partial charge in [-0.2, -0.15) is 0 Å². The van der Waals surface area contributed by atoms with Gasteiger partial charge in [0.1, 0.15) is 18.5 Å². The van der Waals surface area contributed by atoms with Crippen LogP contribution in [0.4, 0.5) is 18.9 Å². The van der Waals surface area contributed by atoms with Crippen LogP contribution < -0.4 is 20.8 Å². The second-order valence-electron chi connectivity index (χ2n) is 8.89. The maximum atomic E-state index is 12.6. The lowest BCUT2D eigenvalue weighted by Gasteiger charge is -2.35. The van der Waals surface area contributed by atoms with Gasteiger partial charge in [0.05, 0.1) is 31.0 Å². The van der Waals surface area contributed by atoms with Crippen molar-refractivity contribution in [3.8, 4) is 5.75 Å². The van der Waals surface area contributed by atoms with Gasteiger partial charge in [-0.15, -0.1) is 13.2 Å². The third kappa shape index (κ3) is 7.60. The highest BCUT2D eigenvalue weighted by Gasteiger charge is 2.40. The molecule has 3 N–H and O–H groups in total. The number of anilines is 1. The molecule has 9 nitrogen and oxygen atoms in total. The van der Waals surface area contributed by atoms with Gasteiger partial charge in [0.15, 0.2) is 0 Å². The summed E-state index contributed by atoms with van der Waals surface area (Å²) in [6.07, 6.45) is -4.81. The van der Waals surface area contributed by atoms with Gasteiger partial charge in [-0.3, -0.25) is 19.8 Å². The van der Waals surface area contributed by atoms with Crippen molar-refractivity contribution in [2.75, 3.05) is 38.1 Å². The molecule has 2 amide bonds. The van der Waals surface area contributed by atoms with Gasteiger partial charge < -0.3 is 20.1 Å². The van der Waals surface area contributed by atoms with E-state index in [-0.39, 0.29) is 43.3 Å². The Hall–Kier alpha value is -2.28. The standard InChI is InChI=1S/C22H28ClF3N4O5/c23-14-1-2-19-18(7-14)27-10-17(34-19)11-28-21(32)13-3-5-30(6-4-13)29-20(31)12-33-15-8-16(9-15)35-22(24,25)26/h1-2,7,13,15-17,27H,3-6,8-12H2,(H,28,32)(H,29,31).